The van der Waals surface area contributed by atoms with Crippen LogP contribution in [0.4, 0.5) is 13.2 Å². The molecule has 224 valence electrons. The predicted octanol–water partition coefficient (Wildman–Crippen LogP) is 2.63. The summed E-state index contributed by atoms with van der Waals surface area (Å²) in [7, 11) is 4.34. The molecule has 1 amide bonds. The van der Waals surface area contributed by atoms with Gasteiger partial charge in [-0.05, 0) is 65.4 Å². The zero-order valence-corrected chi connectivity index (χ0v) is 25.7. The molecule has 43 heavy (non-hydrogen) atoms. The van der Waals surface area contributed by atoms with Crippen LogP contribution in [0.5, 0.6) is 0 Å². The predicted molar refractivity (Wildman–Crippen MR) is 172 cm³/mol. The van der Waals surface area contributed by atoms with Gasteiger partial charge < -0.3 is 25.2 Å². The van der Waals surface area contributed by atoms with Crippen LogP contribution in [0.1, 0.15) is 45.7 Å². The minimum atomic E-state index is -4.65. The van der Waals surface area contributed by atoms with E-state index in [9.17, 15) is 33.3 Å². The Balaban J connectivity index is 1.75. The highest BCUT2D eigenvalue weighted by Crippen LogP contribution is 2.37. The van der Waals surface area contributed by atoms with Crippen LogP contribution in [0.15, 0.2) is 71.6 Å². The van der Waals surface area contributed by atoms with Gasteiger partial charge in [0, 0.05) is 43.8 Å². The molecule has 0 fully saturated rings. The van der Waals surface area contributed by atoms with Crippen LogP contribution in [-0.2, 0) is 17.9 Å². The maximum absolute atomic E-state index is 13.9. The lowest BCUT2D eigenvalue weighted by Gasteiger charge is -2.40. The lowest BCUT2D eigenvalue weighted by Crippen LogP contribution is -2.57. The fourth-order valence-corrected chi connectivity index (χ4v) is 5.85. The van der Waals surface area contributed by atoms with E-state index in [0.717, 1.165) is 22.3 Å². The monoisotopic (exact) mass is 628 g/mol. The summed E-state index contributed by atoms with van der Waals surface area (Å²) in [5, 5.41) is 33.2. The summed E-state index contributed by atoms with van der Waals surface area (Å²) in [6.07, 6.45) is -4.85. The third-order valence-corrected chi connectivity index (χ3v) is 8.82. The molecule has 1 aromatic heterocycles. The molecular weight excluding hydrogens is 597 g/mol. The van der Waals surface area contributed by atoms with E-state index in [0.29, 0.717) is 16.6 Å². The Morgan fingerprint density at radius 2 is 1.70 bits per heavy atom. The summed E-state index contributed by atoms with van der Waals surface area (Å²) in [4.78, 5) is 14.4. The maximum Gasteiger partial charge on any atom is 0.416 e. The minimum Gasteiger partial charge on any atom is -0.394 e. The van der Waals surface area contributed by atoms with Crippen LogP contribution in [-0.4, -0.2) is 67.4 Å². The number of rotatable bonds is 10. The van der Waals surface area contributed by atoms with E-state index < -0.39 is 34.7 Å². The van der Waals surface area contributed by atoms with Crippen LogP contribution >= 0.6 is 23.4 Å². The summed E-state index contributed by atoms with van der Waals surface area (Å²) in [5.41, 5.74) is -1.31. The normalized spacial score (nSPS) is 13.3. The molecule has 0 spiro atoms. The van der Waals surface area contributed by atoms with E-state index in [1.165, 1.54) is 20.0 Å². The molecule has 0 bridgehead atoms. The summed E-state index contributed by atoms with van der Waals surface area (Å²) in [6.45, 7) is 1.73. The second-order valence-corrected chi connectivity index (χ2v) is 12.8. The molecule has 6 nitrogen and oxygen atoms in total. The molecule has 0 aliphatic carbocycles. The van der Waals surface area contributed by atoms with Crippen molar-refractivity contribution in [1.29, 1.82) is 0 Å². The first-order chi connectivity index (χ1) is 20.1. The minimum absolute atomic E-state index is 0.0403. The number of thioether (sulfide) groups is 1. The number of fused-ring (bicyclic) bond motifs is 1. The number of aromatic nitrogens is 1. The highest BCUT2D eigenvalue weighted by atomic mass is 35.5. The topological polar surface area (TPSA) is 94.7 Å². The lowest BCUT2D eigenvalue weighted by atomic mass is 9.51. The SMILES string of the molecule is BC(O)(O)C(B)(B)n1c(Cc2ccc(Cl)cc2C(F)(F)F)cc2cc(C(=O)NC(CO)c3ccc(SCC)cc3)ccc21. The first-order valence-corrected chi connectivity index (χ1v) is 15.0. The van der Waals surface area contributed by atoms with Gasteiger partial charge in [0.05, 0.1) is 18.2 Å². The molecule has 4 rings (SSSR count). The molecule has 0 radical (unpaired) electrons. The van der Waals surface area contributed by atoms with Gasteiger partial charge in [0.15, 0.2) is 7.85 Å². The number of carbonyl (C=O) groups excluding carboxylic acids is 1. The molecule has 3 aromatic carbocycles. The van der Waals surface area contributed by atoms with Crippen molar-refractivity contribution in [2.24, 2.45) is 0 Å². The van der Waals surface area contributed by atoms with Gasteiger partial charge in [-0.1, -0.05) is 36.7 Å². The van der Waals surface area contributed by atoms with Crippen LogP contribution in [0.25, 0.3) is 10.9 Å². The summed E-state index contributed by atoms with van der Waals surface area (Å²) in [5.74, 6) is 0.467. The van der Waals surface area contributed by atoms with Crippen molar-refractivity contribution in [3.05, 3.63) is 99.7 Å². The van der Waals surface area contributed by atoms with Crippen LogP contribution in [0.3, 0.4) is 0 Å². The van der Waals surface area contributed by atoms with Crippen molar-refractivity contribution >= 4 is 63.7 Å². The van der Waals surface area contributed by atoms with Gasteiger partial charge >= 0.3 is 6.18 Å². The van der Waals surface area contributed by atoms with Gasteiger partial charge in [0.2, 0.25) is 0 Å². The third-order valence-electron chi connectivity index (χ3n) is 7.69. The molecule has 14 heteroatoms. The number of nitrogens with zero attached hydrogens (tertiary/aromatic N) is 1. The summed E-state index contributed by atoms with van der Waals surface area (Å²) < 4.78 is 43.3. The maximum atomic E-state index is 13.9. The van der Waals surface area contributed by atoms with Crippen molar-refractivity contribution in [2.45, 2.75) is 41.5 Å². The van der Waals surface area contributed by atoms with Gasteiger partial charge in [-0.2, -0.15) is 13.2 Å². The average molecular weight is 629 g/mol. The lowest BCUT2D eigenvalue weighted by molar-refractivity contribution is -0.138. The van der Waals surface area contributed by atoms with Gasteiger partial charge in [-0.25, -0.2) is 0 Å². The second-order valence-electron chi connectivity index (χ2n) is 11.0. The first-order valence-electron chi connectivity index (χ1n) is 13.7. The van der Waals surface area contributed by atoms with E-state index in [-0.39, 0.29) is 29.2 Å². The number of benzene rings is 3. The van der Waals surface area contributed by atoms with Crippen LogP contribution < -0.4 is 5.32 Å². The largest absolute Gasteiger partial charge is 0.416 e. The Kier molecular flexibility index (Phi) is 9.73. The highest BCUT2D eigenvalue weighted by molar-refractivity contribution is 7.99. The molecule has 4 aromatic rings. The standard InChI is InChI=1S/C29H31B3ClF3N2O4S/c1-2-43-22-8-4-16(5-9-22)24(15-39)37-26(40)18-6-10-25-19(11-18)13-21(38(25)28(30,31)29(32,41)42)12-17-3-7-20(33)14-23(17)27(34,35)36/h3-11,13-14,24,39,41-42H,2,12,15,30-32H2,1H3,(H,37,40). The number of carbonyl (C=O) groups is 1. The fraction of sp³-hybridized carbons (Fsp3) is 0.276. The molecule has 4 N–H and O–H groups in total. The van der Waals surface area contributed by atoms with E-state index in [1.807, 2.05) is 31.2 Å². The number of halogens is 4. The zero-order valence-electron chi connectivity index (χ0n) is 24.2. The Hall–Kier alpha value is -2.83. The van der Waals surface area contributed by atoms with Gasteiger partial charge in [-0.3, -0.25) is 4.79 Å². The molecule has 1 unspecified atom stereocenters. The number of aliphatic hydroxyl groups is 3. The smallest absolute Gasteiger partial charge is 0.394 e. The molecule has 0 aliphatic heterocycles. The summed E-state index contributed by atoms with van der Waals surface area (Å²) in [6, 6.07) is 16.9. The Bertz CT molecular complexity index is 1630. The average Bonchev–Trinajstić information content (AvgIpc) is 3.29. The Labute approximate surface area is 259 Å². The molecule has 0 aliphatic rings. The van der Waals surface area contributed by atoms with Crippen molar-refractivity contribution in [2.75, 3.05) is 12.4 Å². The quantitative estimate of drug-likeness (QED) is 0.123. The number of nitrogens with one attached hydrogen (secondary N) is 1. The zero-order chi connectivity index (χ0) is 31.7. The van der Waals surface area contributed by atoms with Crippen LogP contribution in [0.2, 0.25) is 5.02 Å². The molecule has 1 atom stereocenters. The Morgan fingerprint density at radius 1 is 1.02 bits per heavy atom. The molecular formula is C29H31B3ClF3N2O4S. The number of amides is 1. The van der Waals surface area contributed by atoms with E-state index in [4.69, 9.17) is 11.6 Å². The third kappa shape index (κ3) is 7.12. The van der Waals surface area contributed by atoms with Crippen molar-refractivity contribution in [3.63, 3.8) is 0 Å². The van der Waals surface area contributed by atoms with E-state index in [1.54, 1.807) is 56.3 Å². The van der Waals surface area contributed by atoms with E-state index >= 15 is 0 Å². The highest BCUT2D eigenvalue weighted by Gasteiger charge is 2.41. The number of hydrogen-bond acceptors (Lipinski definition) is 5. The molecule has 0 saturated heterocycles. The first kappa shape index (κ1) is 33.1. The second kappa shape index (κ2) is 12.7. The van der Waals surface area contributed by atoms with Crippen LogP contribution in [0, 0.1) is 0 Å². The van der Waals surface area contributed by atoms with Crippen molar-refractivity contribution in [3.8, 4) is 0 Å². The molecule has 1 heterocycles. The number of aliphatic hydroxyl groups excluding tert-OH is 1. The van der Waals surface area contributed by atoms with Crippen molar-refractivity contribution in [1.82, 2.24) is 9.88 Å². The van der Waals surface area contributed by atoms with Gasteiger partial charge in [-0.15, -0.1) is 11.8 Å². The van der Waals surface area contributed by atoms with Crippen molar-refractivity contribution < 1.29 is 33.3 Å². The number of hydrogen-bond donors (Lipinski definition) is 4. The van der Waals surface area contributed by atoms with Gasteiger partial charge in [0.25, 0.3) is 5.91 Å². The molecule has 0 saturated carbocycles. The fourth-order valence-electron chi connectivity index (χ4n) is 5.02. The summed E-state index contributed by atoms with van der Waals surface area (Å²) >= 11 is 7.56. The van der Waals surface area contributed by atoms with Gasteiger partial charge in [0.1, 0.15) is 21.4 Å². The van der Waals surface area contributed by atoms with E-state index in [2.05, 4.69) is 5.32 Å². The number of alkyl halides is 3. The Morgan fingerprint density at radius 3 is 2.28 bits per heavy atom.